The molecule has 0 spiro atoms. The van der Waals surface area contributed by atoms with Gasteiger partial charge in [-0.1, -0.05) is 72.3 Å². The van der Waals surface area contributed by atoms with E-state index >= 15 is 0 Å². The van der Waals surface area contributed by atoms with Gasteiger partial charge in [-0.25, -0.2) is 0 Å². The third-order valence-corrected chi connectivity index (χ3v) is 4.82. The molecule has 3 aromatic rings. The normalized spacial score (nSPS) is 12.7. The number of hydrogen-bond acceptors (Lipinski definition) is 3. The van der Waals surface area contributed by atoms with E-state index in [0.717, 1.165) is 16.7 Å². The summed E-state index contributed by atoms with van der Waals surface area (Å²) in [6.07, 6.45) is 1.08. The van der Waals surface area contributed by atoms with Crippen molar-refractivity contribution in [1.82, 2.24) is 0 Å². The predicted octanol–water partition coefficient (Wildman–Crippen LogP) is 5.15. The molecule has 0 aliphatic carbocycles. The Hall–Kier alpha value is -3.45. The Bertz CT molecular complexity index is 958. The number of nitriles is 1. The number of nitro benzene ring substituents is 1. The number of nitro groups is 1. The van der Waals surface area contributed by atoms with Crippen molar-refractivity contribution in [1.29, 1.82) is 5.26 Å². The molecule has 3 rings (SSSR count). The van der Waals surface area contributed by atoms with Crippen LogP contribution in [0.1, 0.15) is 22.3 Å². The predicted molar refractivity (Wildman–Crippen MR) is 105 cm³/mol. The molecule has 0 amide bonds. The zero-order valence-electron chi connectivity index (χ0n) is 15.1. The minimum Gasteiger partial charge on any atom is -0.258 e. The van der Waals surface area contributed by atoms with E-state index in [1.54, 1.807) is 12.1 Å². The second-order valence-electron chi connectivity index (χ2n) is 6.82. The molecule has 0 saturated heterocycles. The molecular formula is C23H20N2O2. The van der Waals surface area contributed by atoms with Crippen LogP contribution in [0.4, 0.5) is 5.69 Å². The SMILES string of the molecule is Cc1ccc(CC(C#N)(Cc2ccccc2)c2ccc([N+](=O)[O-])cc2)cc1. The number of nitrogens with zero attached hydrogens (tertiary/aromatic N) is 2. The van der Waals surface area contributed by atoms with Crippen molar-refractivity contribution in [2.75, 3.05) is 0 Å². The Morgan fingerprint density at radius 1 is 0.889 bits per heavy atom. The van der Waals surface area contributed by atoms with E-state index in [4.69, 9.17) is 0 Å². The molecule has 27 heavy (non-hydrogen) atoms. The number of aryl methyl sites for hydroxylation is 1. The Morgan fingerprint density at radius 2 is 1.44 bits per heavy atom. The van der Waals surface area contributed by atoms with E-state index in [2.05, 4.69) is 6.07 Å². The van der Waals surface area contributed by atoms with Crippen LogP contribution in [-0.2, 0) is 18.3 Å². The van der Waals surface area contributed by atoms with Crippen LogP contribution in [0.25, 0.3) is 0 Å². The fourth-order valence-electron chi connectivity index (χ4n) is 3.31. The van der Waals surface area contributed by atoms with Gasteiger partial charge in [-0.15, -0.1) is 0 Å². The number of non-ortho nitro benzene ring substituents is 1. The van der Waals surface area contributed by atoms with Crippen molar-refractivity contribution < 1.29 is 4.92 Å². The van der Waals surface area contributed by atoms with Crippen LogP contribution in [-0.4, -0.2) is 4.92 Å². The maximum absolute atomic E-state index is 11.0. The quantitative estimate of drug-likeness (QED) is 0.453. The number of rotatable bonds is 6. The maximum Gasteiger partial charge on any atom is 0.269 e. The van der Waals surface area contributed by atoms with Crippen molar-refractivity contribution in [2.45, 2.75) is 25.2 Å². The van der Waals surface area contributed by atoms with Gasteiger partial charge in [0.15, 0.2) is 0 Å². The van der Waals surface area contributed by atoms with Crippen molar-refractivity contribution in [3.63, 3.8) is 0 Å². The third-order valence-electron chi connectivity index (χ3n) is 4.82. The summed E-state index contributed by atoms with van der Waals surface area (Å²) in [5, 5.41) is 21.2. The first-order valence-corrected chi connectivity index (χ1v) is 8.78. The molecule has 0 saturated carbocycles. The minimum absolute atomic E-state index is 0.0284. The van der Waals surface area contributed by atoms with Crippen molar-refractivity contribution in [3.8, 4) is 6.07 Å². The third kappa shape index (κ3) is 4.21. The molecule has 134 valence electrons. The van der Waals surface area contributed by atoms with Gasteiger partial charge in [0.1, 0.15) is 0 Å². The topological polar surface area (TPSA) is 66.9 Å². The lowest BCUT2D eigenvalue weighted by atomic mass is 9.72. The molecule has 0 radical (unpaired) electrons. The molecule has 1 atom stereocenters. The minimum atomic E-state index is -0.800. The molecule has 4 heteroatoms. The van der Waals surface area contributed by atoms with Crippen LogP contribution in [0.5, 0.6) is 0 Å². The molecule has 0 aliphatic rings. The smallest absolute Gasteiger partial charge is 0.258 e. The highest BCUT2D eigenvalue weighted by atomic mass is 16.6. The first-order valence-electron chi connectivity index (χ1n) is 8.78. The molecule has 0 heterocycles. The molecule has 0 N–H and O–H groups in total. The van der Waals surface area contributed by atoms with Gasteiger partial charge in [0, 0.05) is 12.1 Å². The molecule has 0 aromatic heterocycles. The summed E-state index contributed by atoms with van der Waals surface area (Å²) < 4.78 is 0. The summed E-state index contributed by atoms with van der Waals surface area (Å²) >= 11 is 0. The lowest BCUT2D eigenvalue weighted by Gasteiger charge is -2.28. The van der Waals surface area contributed by atoms with Crippen LogP contribution in [0, 0.1) is 28.4 Å². The molecule has 0 fully saturated rings. The summed E-state index contributed by atoms with van der Waals surface area (Å²) in [4.78, 5) is 10.6. The molecule has 0 bridgehead atoms. The number of benzene rings is 3. The van der Waals surface area contributed by atoms with Gasteiger partial charge in [-0.05, 0) is 36.5 Å². The van der Waals surface area contributed by atoms with E-state index in [0.29, 0.717) is 12.8 Å². The first-order chi connectivity index (χ1) is 13.0. The van der Waals surface area contributed by atoms with E-state index < -0.39 is 10.3 Å². The highest BCUT2D eigenvalue weighted by Crippen LogP contribution is 2.33. The van der Waals surface area contributed by atoms with Crippen molar-refractivity contribution in [3.05, 3.63) is 111 Å². The van der Waals surface area contributed by atoms with E-state index in [9.17, 15) is 15.4 Å². The van der Waals surface area contributed by atoms with Crippen LogP contribution in [0.15, 0.2) is 78.9 Å². The molecular weight excluding hydrogens is 336 g/mol. The second-order valence-corrected chi connectivity index (χ2v) is 6.82. The maximum atomic E-state index is 11.0. The van der Waals surface area contributed by atoms with Gasteiger partial charge in [0.2, 0.25) is 0 Å². The Morgan fingerprint density at radius 3 is 1.96 bits per heavy atom. The molecule has 3 aromatic carbocycles. The first kappa shape index (κ1) is 18.3. The summed E-state index contributed by atoms with van der Waals surface area (Å²) in [6, 6.07) is 26.9. The standard InChI is InChI=1S/C23H20N2O2/c1-18-7-9-20(10-8-18)16-23(17-24,15-19-5-3-2-4-6-19)21-11-13-22(14-12-21)25(26)27/h2-14H,15-16H2,1H3. The van der Waals surface area contributed by atoms with Crippen LogP contribution >= 0.6 is 0 Å². The molecule has 1 unspecified atom stereocenters. The molecule has 0 aliphatic heterocycles. The lowest BCUT2D eigenvalue weighted by Crippen LogP contribution is -2.30. The van der Waals surface area contributed by atoms with Crippen LogP contribution in [0.3, 0.4) is 0 Å². The fourth-order valence-corrected chi connectivity index (χ4v) is 3.31. The summed E-state index contributed by atoms with van der Waals surface area (Å²) in [5.41, 5.74) is 3.31. The highest BCUT2D eigenvalue weighted by Gasteiger charge is 2.33. The average molecular weight is 356 g/mol. The van der Waals surface area contributed by atoms with Crippen LogP contribution < -0.4 is 0 Å². The number of hydrogen-bond donors (Lipinski definition) is 0. The Kier molecular flexibility index (Phi) is 5.33. The van der Waals surface area contributed by atoms with Crippen molar-refractivity contribution >= 4 is 5.69 Å². The zero-order valence-corrected chi connectivity index (χ0v) is 15.1. The Balaban J connectivity index is 2.04. The van der Waals surface area contributed by atoms with E-state index in [-0.39, 0.29) is 5.69 Å². The van der Waals surface area contributed by atoms with Gasteiger partial charge in [-0.3, -0.25) is 10.1 Å². The summed E-state index contributed by atoms with van der Waals surface area (Å²) in [5.74, 6) is 0. The van der Waals surface area contributed by atoms with Gasteiger partial charge >= 0.3 is 0 Å². The summed E-state index contributed by atoms with van der Waals surface area (Å²) in [7, 11) is 0. The molecule has 4 nitrogen and oxygen atoms in total. The van der Waals surface area contributed by atoms with E-state index in [1.165, 1.54) is 17.7 Å². The van der Waals surface area contributed by atoms with Gasteiger partial charge in [0.25, 0.3) is 5.69 Å². The largest absolute Gasteiger partial charge is 0.269 e. The zero-order chi connectivity index (χ0) is 19.3. The second kappa shape index (κ2) is 7.84. The Labute approximate surface area is 158 Å². The van der Waals surface area contributed by atoms with Gasteiger partial charge < -0.3 is 0 Å². The van der Waals surface area contributed by atoms with Gasteiger partial charge in [-0.2, -0.15) is 5.26 Å². The lowest BCUT2D eigenvalue weighted by molar-refractivity contribution is -0.384. The van der Waals surface area contributed by atoms with E-state index in [1.807, 2.05) is 61.5 Å². The average Bonchev–Trinajstić information content (AvgIpc) is 2.70. The van der Waals surface area contributed by atoms with Crippen LogP contribution in [0.2, 0.25) is 0 Å². The van der Waals surface area contributed by atoms with Crippen molar-refractivity contribution in [2.24, 2.45) is 0 Å². The highest BCUT2D eigenvalue weighted by molar-refractivity contribution is 5.43. The monoisotopic (exact) mass is 356 g/mol. The van der Waals surface area contributed by atoms with Gasteiger partial charge in [0.05, 0.1) is 16.4 Å². The summed E-state index contributed by atoms with van der Waals surface area (Å²) in [6.45, 7) is 2.03. The fraction of sp³-hybridized carbons (Fsp3) is 0.174.